The zero-order chi connectivity index (χ0) is 12.5. The molecule has 0 amide bonds. The van der Waals surface area contributed by atoms with Crippen LogP contribution in [-0.4, -0.2) is 18.6 Å². The zero-order valence-corrected chi connectivity index (χ0v) is 9.53. The van der Waals surface area contributed by atoms with Crippen LogP contribution in [0, 0.1) is 12.7 Å². The molecule has 1 aromatic carbocycles. The molecule has 6 nitrogen and oxygen atoms in total. The molecule has 1 heterocycles. The highest BCUT2D eigenvalue weighted by molar-refractivity contribution is 7.92. The third-order valence-corrected chi connectivity index (χ3v) is 3.21. The Hall–Kier alpha value is -1.96. The van der Waals surface area contributed by atoms with Crippen LogP contribution in [0.4, 0.5) is 10.4 Å². The Labute approximate surface area is 96.5 Å². The van der Waals surface area contributed by atoms with Crippen LogP contribution in [0.3, 0.4) is 0 Å². The van der Waals surface area contributed by atoms with Crippen molar-refractivity contribution in [3.8, 4) is 0 Å². The largest absolute Gasteiger partial charge is 0.335 e. The van der Waals surface area contributed by atoms with Crippen molar-refractivity contribution in [3.05, 3.63) is 35.9 Å². The number of anilines is 1. The maximum Gasteiger partial charge on any atom is 0.335 e. The fourth-order valence-electron chi connectivity index (χ4n) is 1.13. The molecule has 1 aromatic heterocycles. The fraction of sp³-hybridized carbons (Fsp3) is 0.111. The van der Waals surface area contributed by atoms with Gasteiger partial charge in [0.2, 0.25) is 0 Å². The standard InChI is InChI=1S/C9H8FN3O3S/c1-6-11-9(16-12-6)13-17(14,15)8-4-2-7(10)3-5-8/h2-5H,1H3,(H,11,12,13). The molecule has 0 saturated carbocycles. The average Bonchev–Trinajstić information content (AvgIpc) is 2.63. The average molecular weight is 257 g/mol. The Bertz CT molecular complexity index is 621. The van der Waals surface area contributed by atoms with Crippen LogP contribution in [-0.2, 0) is 10.0 Å². The molecule has 0 fully saturated rings. The second-order valence-corrected chi connectivity index (χ2v) is 4.89. The van der Waals surface area contributed by atoms with E-state index in [0.717, 1.165) is 24.3 Å². The molecule has 0 saturated heterocycles. The first-order chi connectivity index (χ1) is 7.97. The number of aromatic nitrogens is 2. The van der Waals surface area contributed by atoms with E-state index >= 15 is 0 Å². The molecule has 0 aliphatic heterocycles. The summed E-state index contributed by atoms with van der Waals surface area (Å²) in [6.07, 6.45) is 0. The van der Waals surface area contributed by atoms with Crippen molar-refractivity contribution in [2.45, 2.75) is 11.8 Å². The lowest BCUT2D eigenvalue weighted by Gasteiger charge is -2.02. The second-order valence-electron chi connectivity index (χ2n) is 3.21. The second kappa shape index (κ2) is 4.13. The molecular weight excluding hydrogens is 249 g/mol. The van der Waals surface area contributed by atoms with Gasteiger partial charge in [-0.1, -0.05) is 5.16 Å². The summed E-state index contributed by atoms with van der Waals surface area (Å²) in [6.45, 7) is 1.55. The molecule has 0 radical (unpaired) electrons. The predicted octanol–water partition coefficient (Wildman–Crippen LogP) is 1.32. The Morgan fingerprint density at radius 1 is 1.29 bits per heavy atom. The lowest BCUT2D eigenvalue weighted by Crippen LogP contribution is -2.13. The number of rotatable bonds is 3. The van der Waals surface area contributed by atoms with Crippen molar-refractivity contribution in [1.82, 2.24) is 10.1 Å². The summed E-state index contributed by atoms with van der Waals surface area (Å²) < 4.78 is 42.9. The lowest BCUT2D eigenvalue weighted by molar-refractivity contribution is 0.429. The number of benzene rings is 1. The molecule has 8 heteroatoms. The van der Waals surface area contributed by atoms with Gasteiger partial charge in [0, 0.05) is 0 Å². The maximum absolute atomic E-state index is 12.6. The van der Waals surface area contributed by atoms with E-state index in [1.54, 1.807) is 6.92 Å². The van der Waals surface area contributed by atoms with E-state index in [2.05, 4.69) is 19.4 Å². The molecule has 2 rings (SSSR count). The number of halogens is 1. The van der Waals surface area contributed by atoms with Crippen molar-refractivity contribution in [2.75, 3.05) is 4.72 Å². The first-order valence-corrected chi connectivity index (χ1v) is 6.04. The van der Waals surface area contributed by atoms with E-state index in [1.165, 1.54) is 0 Å². The molecule has 0 atom stereocenters. The van der Waals surface area contributed by atoms with Crippen LogP contribution in [0.1, 0.15) is 5.82 Å². The van der Waals surface area contributed by atoms with E-state index in [0.29, 0.717) is 5.82 Å². The minimum Gasteiger partial charge on any atom is -0.314 e. The van der Waals surface area contributed by atoms with E-state index in [1.807, 2.05) is 0 Å². The Kier molecular flexibility index (Phi) is 2.80. The van der Waals surface area contributed by atoms with Crippen LogP contribution in [0.25, 0.3) is 0 Å². The summed E-state index contributed by atoms with van der Waals surface area (Å²) in [7, 11) is -3.83. The minimum absolute atomic E-state index is 0.0882. The Balaban J connectivity index is 2.28. The van der Waals surface area contributed by atoms with Crippen molar-refractivity contribution in [3.63, 3.8) is 0 Å². The number of sulfonamides is 1. The predicted molar refractivity (Wildman–Crippen MR) is 56.2 cm³/mol. The summed E-state index contributed by atoms with van der Waals surface area (Å²) >= 11 is 0. The first kappa shape index (κ1) is 11.5. The van der Waals surface area contributed by atoms with Gasteiger partial charge >= 0.3 is 6.01 Å². The van der Waals surface area contributed by atoms with Gasteiger partial charge in [0.15, 0.2) is 5.82 Å². The van der Waals surface area contributed by atoms with Gasteiger partial charge in [-0.3, -0.25) is 0 Å². The molecule has 17 heavy (non-hydrogen) atoms. The quantitative estimate of drug-likeness (QED) is 0.896. The number of hydrogen-bond acceptors (Lipinski definition) is 5. The number of aryl methyl sites for hydroxylation is 1. The van der Waals surface area contributed by atoms with E-state index in [-0.39, 0.29) is 10.9 Å². The summed E-state index contributed by atoms with van der Waals surface area (Å²) in [4.78, 5) is 3.61. The van der Waals surface area contributed by atoms with E-state index in [4.69, 9.17) is 0 Å². The van der Waals surface area contributed by atoms with Crippen LogP contribution >= 0.6 is 0 Å². The molecule has 1 N–H and O–H groups in total. The van der Waals surface area contributed by atoms with E-state index in [9.17, 15) is 12.8 Å². The molecule has 0 bridgehead atoms. The number of nitrogens with zero attached hydrogens (tertiary/aromatic N) is 2. The SMILES string of the molecule is Cc1noc(NS(=O)(=O)c2ccc(F)cc2)n1. The first-order valence-electron chi connectivity index (χ1n) is 4.56. The summed E-state index contributed by atoms with van der Waals surface area (Å²) in [5.41, 5.74) is 0. The normalized spacial score (nSPS) is 11.4. The van der Waals surface area contributed by atoms with Gasteiger partial charge in [0.05, 0.1) is 4.90 Å². The van der Waals surface area contributed by atoms with Crippen molar-refractivity contribution in [1.29, 1.82) is 0 Å². The highest BCUT2D eigenvalue weighted by Crippen LogP contribution is 2.14. The molecule has 2 aromatic rings. The van der Waals surface area contributed by atoms with Crippen LogP contribution in [0.5, 0.6) is 0 Å². The van der Waals surface area contributed by atoms with Crippen molar-refractivity contribution >= 4 is 16.0 Å². The topological polar surface area (TPSA) is 85.1 Å². The van der Waals surface area contributed by atoms with Crippen LogP contribution in [0.15, 0.2) is 33.7 Å². The fourth-order valence-corrected chi connectivity index (χ4v) is 2.05. The molecular formula is C9H8FN3O3S. The van der Waals surface area contributed by atoms with E-state index < -0.39 is 15.8 Å². The van der Waals surface area contributed by atoms with Gasteiger partial charge in [-0.05, 0) is 31.2 Å². The Morgan fingerprint density at radius 2 is 1.94 bits per heavy atom. The van der Waals surface area contributed by atoms with Gasteiger partial charge in [0.1, 0.15) is 5.82 Å². The van der Waals surface area contributed by atoms with Gasteiger partial charge in [-0.15, -0.1) is 0 Å². The molecule has 90 valence electrons. The lowest BCUT2D eigenvalue weighted by atomic mass is 10.4. The third-order valence-electron chi connectivity index (χ3n) is 1.87. The molecule has 0 aliphatic carbocycles. The smallest absolute Gasteiger partial charge is 0.314 e. The van der Waals surface area contributed by atoms with Gasteiger partial charge < -0.3 is 4.52 Å². The molecule has 0 spiro atoms. The Morgan fingerprint density at radius 3 is 2.47 bits per heavy atom. The van der Waals surface area contributed by atoms with Crippen LogP contribution < -0.4 is 4.72 Å². The highest BCUT2D eigenvalue weighted by Gasteiger charge is 2.17. The van der Waals surface area contributed by atoms with Crippen LogP contribution in [0.2, 0.25) is 0 Å². The molecule has 0 unspecified atom stereocenters. The number of nitrogens with one attached hydrogen (secondary N) is 1. The third kappa shape index (κ3) is 2.59. The van der Waals surface area contributed by atoms with Crippen molar-refractivity contribution in [2.24, 2.45) is 0 Å². The summed E-state index contributed by atoms with van der Waals surface area (Å²) in [5.74, 6) is -0.209. The van der Waals surface area contributed by atoms with Gasteiger partial charge in [-0.25, -0.2) is 17.5 Å². The summed E-state index contributed by atoms with van der Waals surface area (Å²) in [5, 5.41) is 3.44. The minimum atomic E-state index is -3.83. The zero-order valence-electron chi connectivity index (χ0n) is 8.71. The maximum atomic E-state index is 12.6. The van der Waals surface area contributed by atoms with Gasteiger partial charge in [-0.2, -0.15) is 4.98 Å². The van der Waals surface area contributed by atoms with Gasteiger partial charge in [0.25, 0.3) is 10.0 Å². The monoisotopic (exact) mass is 257 g/mol. The van der Waals surface area contributed by atoms with Crippen molar-refractivity contribution < 1.29 is 17.3 Å². The number of hydrogen-bond donors (Lipinski definition) is 1. The summed E-state index contributed by atoms with van der Waals surface area (Å²) in [6, 6.07) is 4.15. The molecule has 0 aliphatic rings. The highest BCUT2D eigenvalue weighted by atomic mass is 32.2.